The van der Waals surface area contributed by atoms with E-state index in [1.807, 2.05) is 6.92 Å². The smallest absolute Gasteiger partial charge is 0.338 e. The second kappa shape index (κ2) is 12.0. The van der Waals surface area contributed by atoms with Crippen LogP contribution in [0, 0.1) is 0 Å². The Bertz CT molecular complexity index is 1090. The minimum absolute atomic E-state index is 0.0607. The molecule has 1 heterocycles. The molecule has 1 aliphatic heterocycles. The van der Waals surface area contributed by atoms with Gasteiger partial charge < -0.3 is 14.8 Å². The van der Waals surface area contributed by atoms with E-state index < -0.39 is 21.9 Å². The van der Waals surface area contributed by atoms with Gasteiger partial charge in [-0.25, -0.2) is 13.2 Å². The quantitative estimate of drug-likeness (QED) is 0.413. The van der Waals surface area contributed by atoms with Crippen molar-refractivity contribution in [3.63, 3.8) is 0 Å². The number of benzene rings is 2. The first kappa shape index (κ1) is 25.7. The van der Waals surface area contributed by atoms with Crippen molar-refractivity contribution in [2.24, 2.45) is 0 Å². The molecule has 1 amide bonds. The van der Waals surface area contributed by atoms with E-state index in [0.717, 1.165) is 38.5 Å². The first-order valence-corrected chi connectivity index (χ1v) is 13.1. The first-order chi connectivity index (χ1) is 16.4. The highest BCUT2D eigenvalue weighted by Crippen LogP contribution is 2.27. The lowest BCUT2D eigenvalue weighted by molar-refractivity contribution is 0.0499. The van der Waals surface area contributed by atoms with Crippen molar-refractivity contribution in [3.05, 3.63) is 53.6 Å². The molecule has 1 aliphatic rings. The summed E-state index contributed by atoms with van der Waals surface area (Å²) < 4.78 is 38.3. The summed E-state index contributed by atoms with van der Waals surface area (Å²) in [6, 6.07) is 10.7. The summed E-state index contributed by atoms with van der Waals surface area (Å²) in [5, 5.41) is 2.74. The van der Waals surface area contributed by atoms with Crippen LogP contribution in [0.15, 0.2) is 47.4 Å². The maximum absolute atomic E-state index is 13.2. The molecule has 1 fully saturated rings. The predicted octanol–water partition coefficient (Wildman–Crippen LogP) is 4.47. The Hall–Kier alpha value is -2.91. The van der Waals surface area contributed by atoms with Gasteiger partial charge in [-0.15, -0.1) is 0 Å². The van der Waals surface area contributed by atoms with Gasteiger partial charge in [0.1, 0.15) is 5.75 Å². The molecule has 1 saturated heterocycles. The zero-order valence-corrected chi connectivity index (χ0v) is 20.5. The van der Waals surface area contributed by atoms with Gasteiger partial charge in [0.25, 0.3) is 5.91 Å². The van der Waals surface area contributed by atoms with E-state index in [1.54, 1.807) is 24.3 Å². The Kier molecular flexibility index (Phi) is 9.06. The van der Waals surface area contributed by atoms with E-state index in [4.69, 9.17) is 9.47 Å². The highest BCUT2D eigenvalue weighted by atomic mass is 32.2. The fourth-order valence-electron chi connectivity index (χ4n) is 3.74. The van der Waals surface area contributed by atoms with Gasteiger partial charge in [-0.3, -0.25) is 4.79 Å². The van der Waals surface area contributed by atoms with Crippen molar-refractivity contribution in [3.8, 4) is 5.75 Å². The number of nitrogens with one attached hydrogen (secondary N) is 1. The number of ether oxygens (including phenoxy) is 2. The third-order valence-corrected chi connectivity index (χ3v) is 7.62. The molecule has 0 aliphatic carbocycles. The number of methoxy groups -OCH3 is 1. The first-order valence-electron chi connectivity index (χ1n) is 11.6. The number of carbonyl (C=O) groups is 2. The van der Waals surface area contributed by atoms with Crippen LogP contribution in [0.3, 0.4) is 0 Å². The van der Waals surface area contributed by atoms with Gasteiger partial charge in [0.15, 0.2) is 0 Å². The lowest BCUT2D eigenvalue weighted by Gasteiger charge is -2.20. The van der Waals surface area contributed by atoms with Gasteiger partial charge in [-0.1, -0.05) is 26.2 Å². The number of amides is 1. The summed E-state index contributed by atoms with van der Waals surface area (Å²) in [7, 11) is -2.29. The molecule has 0 bridgehead atoms. The van der Waals surface area contributed by atoms with Crippen LogP contribution in [-0.4, -0.2) is 51.4 Å². The minimum Gasteiger partial charge on any atom is -0.496 e. The normalized spacial score (nSPS) is 14.8. The maximum Gasteiger partial charge on any atom is 0.338 e. The molecule has 184 valence electrons. The van der Waals surface area contributed by atoms with Crippen molar-refractivity contribution in [2.45, 2.75) is 50.3 Å². The van der Waals surface area contributed by atoms with Crippen LogP contribution in [0.25, 0.3) is 0 Å². The molecule has 34 heavy (non-hydrogen) atoms. The Labute approximate surface area is 201 Å². The van der Waals surface area contributed by atoms with E-state index in [0.29, 0.717) is 30.9 Å². The van der Waals surface area contributed by atoms with Crippen LogP contribution in [-0.2, 0) is 14.8 Å². The second-order valence-corrected chi connectivity index (χ2v) is 10.1. The largest absolute Gasteiger partial charge is 0.496 e. The second-order valence-electron chi connectivity index (χ2n) is 8.20. The monoisotopic (exact) mass is 488 g/mol. The molecule has 9 heteroatoms. The fourth-order valence-corrected chi connectivity index (χ4v) is 5.28. The lowest BCUT2D eigenvalue weighted by atomic mass is 10.1. The van der Waals surface area contributed by atoms with Crippen LogP contribution in [0.1, 0.15) is 66.2 Å². The van der Waals surface area contributed by atoms with Crippen LogP contribution in [0.4, 0.5) is 5.69 Å². The number of hydrogen-bond donors (Lipinski definition) is 1. The number of unbranched alkanes of at least 4 members (excludes halogenated alkanes) is 1. The van der Waals surface area contributed by atoms with E-state index in [1.165, 1.54) is 29.6 Å². The van der Waals surface area contributed by atoms with Crippen molar-refractivity contribution in [1.29, 1.82) is 0 Å². The summed E-state index contributed by atoms with van der Waals surface area (Å²) in [6.45, 7) is 3.33. The molecule has 0 atom stereocenters. The number of esters is 1. The molecule has 0 unspecified atom stereocenters. The molecule has 0 aromatic heterocycles. The summed E-state index contributed by atoms with van der Waals surface area (Å²) in [5.41, 5.74) is 0.955. The summed E-state index contributed by atoms with van der Waals surface area (Å²) in [6.07, 6.45) is 5.40. The Morgan fingerprint density at radius 1 is 1.00 bits per heavy atom. The molecular weight excluding hydrogens is 456 g/mol. The topological polar surface area (TPSA) is 102 Å². The molecule has 3 rings (SSSR count). The number of anilines is 1. The van der Waals surface area contributed by atoms with Gasteiger partial charge in [-0.05, 0) is 61.7 Å². The standard InChI is InChI=1S/C25H32N2O6S/c1-3-4-17-33-25(29)19-9-11-20(12-10-19)26-24(28)22-18-21(13-14-23(22)32-2)34(30,31)27-15-7-5-6-8-16-27/h9-14,18H,3-8,15-17H2,1-2H3,(H,26,28). The maximum atomic E-state index is 13.2. The average molecular weight is 489 g/mol. The molecule has 0 saturated carbocycles. The van der Waals surface area contributed by atoms with Gasteiger partial charge in [0.05, 0.1) is 29.7 Å². The van der Waals surface area contributed by atoms with Gasteiger partial charge in [-0.2, -0.15) is 4.31 Å². The molecule has 2 aromatic carbocycles. The van der Waals surface area contributed by atoms with Gasteiger partial charge >= 0.3 is 5.97 Å². The SMILES string of the molecule is CCCCOC(=O)c1ccc(NC(=O)c2cc(S(=O)(=O)N3CCCCCC3)ccc2OC)cc1. The van der Waals surface area contributed by atoms with E-state index >= 15 is 0 Å². The van der Waals surface area contributed by atoms with Gasteiger partial charge in [0, 0.05) is 18.8 Å². The average Bonchev–Trinajstić information content (AvgIpc) is 3.14. The summed E-state index contributed by atoms with van der Waals surface area (Å²) in [4.78, 5) is 25.1. The number of nitrogens with zero attached hydrogens (tertiary/aromatic N) is 1. The number of rotatable bonds is 9. The molecule has 0 spiro atoms. The third kappa shape index (κ3) is 6.36. The molecule has 1 N–H and O–H groups in total. The number of carbonyl (C=O) groups excluding carboxylic acids is 2. The van der Waals surface area contributed by atoms with Gasteiger partial charge in [0.2, 0.25) is 10.0 Å². The fraction of sp³-hybridized carbons (Fsp3) is 0.440. The lowest BCUT2D eigenvalue weighted by Crippen LogP contribution is -2.32. The van der Waals surface area contributed by atoms with E-state index in [-0.39, 0.29) is 16.2 Å². The highest BCUT2D eigenvalue weighted by molar-refractivity contribution is 7.89. The molecular formula is C25H32N2O6S. The Balaban J connectivity index is 1.77. The van der Waals surface area contributed by atoms with Crippen LogP contribution < -0.4 is 10.1 Å². The number of hydrogen-bond acceptors (Lipinski definition) is 6. The highest BCUT2D eigenvalue weighted by Gasteiger charge is 2.27. The van der Waals surface area contributed by atoms with E-state index in [2.05, 4.69) is 5.32 Å². The van der Waals surface area contributed by atoms with Crippen LogP contribution in [0.2, 0.25) is 0 Å². The van der Waals surface area contributed by atoms with E-state index in [9.17, 15) is 18.0 Å². The Morgan fingerprint density at radius 2 is 1.68 bits per heavy atom. The van der Waals surface area contributed by atoms with Crippen molar-refractivity contribution in [1.82, 2.24) is 4.31 Å². The minimum atomic E-state index is -3.72. The molecule has 0 radical (unpaired) electrons. The zero-order valence-electron chi connectivity index (χ0n) is 19.7. The van der Waals surface area contributed by atoms with Crippen molar-refractivity contribution >= 4 is 27.6 Å². The summed E-state index contributed by atoms with van der Waals surface area (Å²) >= 11 is 0. The van der Waals surface area contributed by atoms with Crippen LogP contribution in [0.5, 0.6) is 5.75 Å². The molecule has 8 nitrogen and oxygen atoms in total. The zero-order chi connectivity index (χ0) is 24.6. The Morgan fingerprint density at radius 3 is 2.29 bits per heavy atom. The third-order valence-electron chi connectivity index (χ3n) is 5.73. The van der Waals surface area contributed by atoms with Crippen LogP contribution >= 0.6 is 0 Å². The van der Waals surface area contributed by atoms with Crippen molar-refractivity contribution < 1.29 is 27.5 Å². The molecule has 2 aromatic rings. The van der Waals surface area contributed by atoms with Crippen molar-refractivity contribution in [2.75, 3.05) is 32.1 Å². The number of sulfonamides is 1. The predicted molar refractivity (Wildman–Crippen MR) is 130 cm³/mol. The summed E-state index contributed by atoms with van der Waals surface area (Å²) in [5.74, 6) is -0.661.